The van der Waals surface area contributed by atoms with E-state index in [-0.39, 0.29) is 11.6 Å². The van der Waals surface area contributed by atoms with E-state index >= 15 is 0 Å². The number of benzene rings is 1. The molecule has 1 N–H and O–H groups in total. The van der Waals surface area contributed by atoms with Gasteiger partial charge in [0.15, 0.2) is 0 Å². The van der Waals surface area contributed by atoms with Gasteiger partial charge in [-0.2, -0.15) is 13.2 Å². The third-order valence-corrected chi connectivity index (χ3v) is 3.09. The summed E-state index contributed by atoms with van der Waals surface area (Å²) in [7, 11) is 0. The smallest absolute Gasteiger partial charge is 0.300 e. The Hall–Kier alpha value is -1.03. The van der Waals surface area contributed by atoms with Gasteiger partial charge in [0.25, 0.3) is 0 Å². The van der Waals surface area contributed by atoms with Crippen molar-refractivity contribution in [1.82, 2.24) is 5.32 Å². The highest BCUT2D eigenvalue weighted by Crippen LogP contribution is 2.33. The molecule has 0 heterocycles. The zero-order valence-corrected chi connectivity index (χ0v) is 11.7. The van der Waals surface area contributed by atoms with Crippen LogP contribution < -0.4 is 5.32 Å². The molecule has 0 saturated heterocycles. The normalized spacial score (nSPS) is 15.5. The van der Waals surface area contributed by atoms with Crippen molar-refractivity contribution in [2.24, 2.45) is 5.92 Å². The van der Waals surface area contributed by atoms with Crippen molar-refractivity contribution in [3.05, 3.63) is 35.9 Å². The number of rotatable bonds is 6. The third kappa shape index (κ3) is 5.64. The van der Waals surface area contributed by atoms with Gasteiger partial charge in [-0.05, 0) is 31.2 Å². The Labute approximate surface area is 113 Å². The molecular formula is C15H22F3N. The lowest BCUT2D eigenvalue weighted by Crippen LogP contribution is -2.39. The minimum atomic E-state index is -4.27. The average molecular weight is 273 g/mol. The summed E-state index contributed by atoms with van der Waals surface area (Å²) < 4.78 is 39.3. The van der Waals surface area contributed by atoms with E-state index in [4.69, 9.17) is 0 Å². The van der Waals surface area contributed by atoms with Crippen LogP contribution in [0, 0.1) is 5.92 Å². The van der Waals surface area contributed by atoms with Gasteiger partial charge < -0.3 is 0 Å². The van der Waals surface area contributed by atoms with Crippen LogP contribution in [0.1, 0.15) is 45.2 Å². The van der Waals surface area contributed by atoms with E-state index in [1.165, 1.54) is 12.1 Å². The molecular weight excluding hydrogens is 251 g/mol. The monoisotopic (exact) mass is 273 g/mol. The van der Waals surface area contributed by atoms with Gasteiger partial charge in [-0.25, -0.2) is 0 Å². The molecule has 0 aromatic heterocycles. The average Bonchev–Trinajstić information content (AvgIpc) is 2.33. The van der Waals surface area contributed by atoms with Gasteiger partial charge in [0, 0.05) is 6.04 Å². The first-order valence-electron chi connectivity index (χ1n) is 6.68. The quantitative estimate of drug-likeness (QED) is 0.792. The van der Waals surface area contributed by atoms with Crippen LogP contribution in [0.4, 0.5) is 13.2 Å². The Morgan fingerprint density at radius 1 is 1.00 bits per heavy atom. The van der Waals surface area contributed by atoms with E-state index in [1.807, 2.05) is 6.92 Å². The van der Waals surface area contributed by atoms with E-state index in [9.17, 15) is 13.2 Å². The summed E-state index contributed by atoms with van der Waals surface area (Å²) in [5, 5.41) is 2.70. The summed E-state index contributed by atoms with van der Waals surface area (Å²) in [6, 6.07) is 6.27. The van der Waals surface area contributed by atoms with Crippen LogP contribution in [0.5, 0.6) is 0 Å². The van der Waals surface area contributed by atoms with Gasteiger partial charge in [-0.1, -0.05) is 44.2 Å². The van der Waals surface area contributed by atoms with Crippen molar-refractivity contribution in [3.63, 3.8) is 0 Å². The predicted octanol–water partition coefficient (Wildman–Crippen LogP) is 4.70. The molecule has 1 nitrogen and oxygen atoms in total. The van der Waals surface area contributed by atoms with E-state index in [2.05, 4.69) is 19.2 Å². The van der Waals surface area contributed by atoms with Gasteiger partial charge in [0.1, 0.15) is 6.04 Å². The standard InChI is InChI=1S/C15H22F3N/c1-11(2)9-10-12(3)19-14(15(16,17)18)13-7-5-4-6-8-13/h4-8,11-12,14,19H,9-10H2,1-3H3. The highest BCUT2D eigenvalue weighted by atomic mass is 19.4. The van der Waals surface area contributed by atoms with Crippen molar-refractivity contribution in [2.45, 2.75) is 51.9 Å². The van der Waals surface area contributed by atoms with Crippen molar-refractivity contribution in [3.8, 4) is 0 Å². The maximum absolute atomic E-state index is 13.1. The van der Waals surface area contributed by atoms with Crippen LogP contribution in [0.25, 0.3) is 0 Å². The lowest BCUT2D eigenvalue weighted by atomic mass is 10.0. The van der Waals surface area contributed by atoms with E-state index in [0.717, 1.165) is 12.8 Å². The molecule has 19 heavy (non-hydrogen) atoms. The minimum absolute atomic E-state index is 0.158. The number of hydrogen-bond acceptors (Lipinski definition) is 1. The largest absolute Gasteiger partial charge is 0.407 e. The summed E-state index contributed by atoms with van der Waals surface area (Å²) in [6.45, 7) is 5.96. The van der Waals surface area contributed by atoms with Gasteiger partial charge in [-0.15, -0.1) is 0 Å². The SMILES string of the molecule is CC(C)CCC(C)NC(c1ccccc1)C(F)(F)F. The zero-order valence-electron chi connectivity index (χ0n) is 11.7. The second-order valence-electron chi connectivity index (χ2n) is 5.42. The molecule has 2 unspecified atom stereocenters. The first-order valence-corrected chi connectivity index (χ1v) is 6.68. The molecule has 0 aliphatic carbocycles. The van der Waals surface area contributed by atoms with Crippen LogP contribution in [-0.4, -0.2) is 12.2 Å². The topological polar surface area (TPSA) is 12.0 Å². The Bertz CT molecular complexity index is 359. The van der Waals surface area contributed by atoms with Gasteiger partial charge in [-0.3, -0.25) is 5.32 Å². The molecule has 0 aliphatic rings. The lowest BCUT2D eigenvalue weighted by molar-refractivity contribution is -0.159. The Kier molecular flexibility index (Phi) is 5.85. The van der Waals surface area contributed by atoms with E-state index in [0.29, 0.717) is 5.92 Å². The molecule has 0 saturated carbocycles. The van der Waals surface area contributed by atoms with E-state index < -0.39 is 12.2 Å². The maximum Gasteiger partial charge on any atom is 0.407 e. The molecule has 0 spiro atoms. The van der Waals surface area contributed by atoms with Gasteiger partial charge in [0.2, 0.25) is 0 Å². The third-order valence-electron chi connectivity index (χ3n) is 3.09. The van der Waals surface area contributed by atoms with Crippen molar-refractivity contribution in [1.29, 1.82) is 0 Å². The molecule has 4 heteroatoms. The van der Waals surface area contributed by atoms with Gasteiger partial charge in [0.05, 0.1) is 0 Å². The summed E-state index contributed by atoms with van der Waals surface area (Å²) in [6.07, 6.45) is -2.60. The fourth-order valence-electron chi connectivity index (χ4n) is 1.98. The first kappa shape index (κ1) is 16.0. The number of alkyl halides is 3. The molecule has 108 valence electrons. The highest BCUT2D eigenvalue weighted by molar-refractivity contribution is 5.20. The number of halogens is 3. The van der Waals surface area contributed by atoms with Crippen LogP contribution in [0.15, 0.2) is 30.3 Å². The predicted molar refractivity (Wildman–Crippen MR) is 71.9 cm³/mol. The fraction of sp³-hybridized carbons (Fsp3) is 0.600. The Morgan fingerprint density at radius 2 is 1.58 bits per heavy atom. The lowest BCUT2D eigenvalue weighted by Gasteiger charge is -2.26. The zero-order chi connectivity index (χ0) is 14.5. The van der Waals surface area contributed by atoms with E-state index in [1.54, 1.807) is 18.2 Å². The maximum atomic E-state index is 13.1. The summed E-state index contributed by atoms with van der Waals surface area (Å²) in [5.74, 6) is 0.505. The first-order chi connectivity index (χ1) is 8.80. The van der Waals surface area contributed by atoms with Crippen molar-refractivity contribution in [2.75, 3.05) is 0 Å². The summed E-state index contributed by atoms with van der Waals surface area (Å²) >= 11 is 0. The number of nitrogens with one attached hydrogen (secondary N) is 1. The fourth-order valence-corrected chi connectivity index (χ4v) is 1.98. The summed E-state index contributed by atoms with van der Waals surface area (Å²) in [5.41, 5.74) is 0.270. The summed E-state index contributed by atoms with van der Waals surface area (Å²) in [4.78, 5) is 0. The van der Waals surface area contributed by atoms with Gasteiger partial charge >= 0.3 is 6.18 Å². The number of hydrogen-bond donors (Lipinski definition) is 1. The molecule has 2 atom stereocenters. The molecule has 0 fully saturated rings. The molecule has 0 amide bonds. The molecule has 1 aromatic carbocycles. The Morgan fingerprint density at radius 3 is 2.05 bits per heavy atom. The second kappa shape index (κ2) is 6.94. The molecule has 0 bridgehead atoms. The highest BCUT2D eigenvalue weighted by Gasteiger charge is 2.41. The second-order valence-corrected chi connectivity index (χ2v) is 5.42. The molecule has 0 aliphatic heterocycles. The Balaban J connectivity index is 2.72. The molecule has 1 aromatic rings. The molecule has 0 radical (unpaired) electrons. The molecule has 1 rings (SSSR count). The minimum Gasteiger partial charge on any atom is -0.300 e. The van der Waals surface area contributed by atoms with Crippen LogP contribution in [0.2, 0.25) is 0 Å². The van der Waals surface area contributed by atoms with Crippen molar-refractivity contribution < 1.29 is 13.2 Å². The van der Waals surface area contributed by atoms with Crippen LogP contribution in [-0.2, 0) is 0 Å². The van der Waals surface area contributed by atoms with Crippen LogP contribution >= 0.6 is 0 Å². The van der Waals surface area contributed by atoms with Crippen LogP contribution in [0.3, 0.4) is 0 Å². The van der Waals surface area contributed by atoms with Crippen molar-refractivity contribution >= 4 is 0 Å².